The number of alkyl carbamates (subject to hydrolysis) is 1. The number of nitrogens with one attached hydrogen (secondary N) is 5. The Morgan fingerprint density at radius 2 is 1.41 bits per heavy atom. The molecule has 3 aromatic rings. The van der Waals surface area contributed by atoms with Crippen molar-refractivity contribution in [1.29, 1.82) is 0 Å². The summed E-state index contributed by atoms with van der Waals surface area (Å²) in [5.41, 5.74) is 10.4. The molecule has 0 aromatic heterocycles. The lowest BCUT2D eigenvalue weighted by Crippen LogP contribution is -2.51. The molecule has 290 valence electrons. The van der Waals surface area contributed by atoms with Gasteiger partial charge in [-0.15, -0.1) is 0 Å². The van der Waals surface area contributed by atoms with Crippen LogP contribution in [-0.4, -0.2) is 67.9 Å². The zero-order chi connectivity index (χ0) is 39.5. The summed E-state index contributed by atoms with van der Waals surface area (Å²) in [5.74, 6) is -2.06. The molecular formula is C40H53N7O7. The number of carbonyl (C=O) groups excluding carboxylic acids is 6. The van der Waals surface area contributed by atoms with Crippen LogP contribution in [0.25, 0.3) is 0 Å². The molecule has 7 N–H and O–H groups in total. The van der Waals surface area contributed by atoms with Crippen LogP contribution in [0.1, 0.15) is 61.8 Å². The van der Waals surface area contributed by atoms with Crippen LogP contribution in [0, 0.1) is 19.8 Å². The lowest BCUT2D eigenvalue weighted by atomic mass is 10.0. The van der Waals surface area contributed by atoms with E-state index in [2.05, 4.69) is 26.6 Å². The van der Waals surface area contributed by atoms with E-state index in [4.69, 9.17) is 10.5 Å². The Labute approximate surface area is 317 Å². The van der Waals surface area contributed by atoms with E-state index in [-0.39, 0.29) is 63.1 Å². The topological polar surface area (TPSA) is 201 Å². The Bertz CT molecular complexity index is 1730. The first-order chi connectivity index (χ1) is 25.9. The van der Waals surface area contributed by atoms with Gasteiger partial charge < -0.3 is 42.0 Å². The molecule has 0 saturated carbocycles. The third-order valence-electron chi connectivity index (χ3n) is 8.48. The summed E-state index contributed by atoms with van der Waals surface area (Å²) < 4.78 is 5.08. The Morgan fingerprint density at radius 1 is 0.741 bits per heavy atom. The van der Waals surface area contributed by atoms with Gasteiger partial charge in [0.1, 0.15) is 12.6 Å². The predicted octanol–water partition coefficient (Wildman–Crippen LogP) is 3.59. The van der Waals surface area contributed by atoms with Crippen LogP contribution in [0.3, 0.4) is 0 Å². The maximum atomic E-state index is 13.4. The molecule has 0 aliphatic rings. The molecule has 3 rings (SSSR count). The minimum Gasteiger partial charge on any atom is -0.445 e. The van der Waals surface area contributed by atoms with Crippen LogP contribution in [-0.2, 0) is 41.9 Å². The summed E-state index contributed by atoms with van der Waals surface area (Å²) in [6, 6.07) is 21.4. The first-order valence-electron chi connectivity index (χ1n) is 18.1. The van der Waals surface area contributed by atoms with Gasteiger partial charge in [0.05, 0.1) is 13.1 Å². The smallest absolute Gasteiger partial charge is 0.407 e. The zero-order valence-corrected chi connectivity index (χ0v) is 31.5. The van der Waals surface area contributed by atoms with Crippen molar-refractivity contribution in [2.45, 2.75) is 72.6 Å². The van der Waals surface area contributed by atoms with Crippen LogP contribution in [0.2, 0.25) is 0 Å². The highest BCUT2D eigenvalue weighted by Crippen LogP contribution is 2.23. The number of anilines is 2. The molecule has 0 spiro atoms. The molecule has 0 saturated heterocycles. The van der Waals surface area contributed by atoms with Crippen molar-refractivity contribution in [2.75, 3.05) is 36.4 Å². The standard InChI is InChI=1S/C40H53N7O7/c1-27(2)38(39(52)44-24-36(50)45-32-18-16-30(17-19-32)26-54-40(53)43-23-21-41)46-35(49)15-9-14-34(48)42-22-20-37(51)47(33-13-8-6-11-29(33)4)25-31-12-7-5-10-28(31)3/h5-8,10-13,16-19,27,38H,9,14-15,20-26,41H2,1-4H3,(H,42,48)(H,43,53)(H,44,52)(H,45,50)(H,46,49). The number of amides is 6. The van der Waals surface area contributed by atoms with Crippen LogP contribution >= 0.6 is 0 Å². The maximum Gasteiger partial charge on any atom is 0.407 e. The Kier molecular flexibility index (Phi) is 17.6. The fourth-order valence-electron chi connectivity index (χ4n) is 5.40. The highest BCUT2D eigenvalue weighted by atomic mass is 16.5. The number of carbonyl (C=O) groups is 6. The van der Waals surface area contributed by atoms with Crippen molar-refractivity contribution in [3.05, 3.63) is 95.1 Å². The molecule has 14 nitrogen and oxygen atoms in total. The summed E-state index contributed by atoms with van der Waals surface area (Å²) in [6.45, 7) is 8.41. The number of benzene rings is 3. The molecule has 3 aromatic carbocycles. The summed E-state index contributed by atoms with van der Waals surface area (Å²) in [6.07, 6.45) is -0.141. The van der Waals surface area contributed by atoms with Gasteiger partial charge in [-0.3, -0.25) is 24.0 Å². The fourth-order valence-corrected chi connectivity index (χ4v) is 5.40. The van der Waals surface area contributed by atoms with Gasteiger partial charge in [0.25, 0.3) is 0 Å². The molecule has 0 bridgehead atoms. The fraction of sp³-hybridized carbons (Fsp3) is 0.400. The second-order valence-corrected chi connectivity index (χ2v) is 13.2. The van der Waals surface area contributed by atoms with Crippen molar-refractivity contribution < 1.29 is 33.5 Å². The molecule has 0 heterocycles. The minimum atomic E-state index is -0.887. The van der Waals surface area contributed by atoms with E-state index in [9.17, 15) is 28.8 Å². The van der Waals surface area contributed by atoms with Gasteiger partial charge >= 0.3 is 6.09 Å². The van der Waals surface area contributed by atoms with Gasteiger partial charge in [-0.2, -0.15) is 0 Å². The number of rotatable bonds is 20. The third kappa shape index (κ3) is 14.7. The van der Waals surface area contributed by atoms with Gasteiger partial charge in [0.2, 0.25) is 29.5 Å². The summed E-state index contributed by atoms with van der Waals surface area (Å²) in [7, 11) is 0. The van der Waals surface area contributed by atoms with Gasteiger partial charge in [-0.1, -0.05) is 68.4 Å². The second-order valence-electron chi connectivity index (χ2n) is 13.2. The third-order valence-corrected chi connectivity index (χ3v) is 8.48. The maximum absolute atomic E-state index is 13.4. The van der Waals surface area contributed by atoms with E-state index in [1.807, 2.05) is 62.4 Å². The monoisotopic (exact) mass is 743 g/mol. The number of para-hydroxylation sites is 1. The molecule has 0 fully saturated rings. The number of hydrogen-bond acceptors (Lipinski definition) is 8. The van der Waals surface area contributed by atoms with Crippen molar-refractivity contribution in [1.82, 2.24) is 21.3 Å². The number of nitrogens with two attached hydrogens (primary N) is 1. The highest BCUT2D eigenvalue weighted by molar-refractivity contribution is 5.96. The van der Waals surface area contributed by atoms with E-state index in [0.29, 0.717) is 30.9 Å². The van der Waals surface area contributed by atoms with E-state index in [0.717, 1.165) is 22.4 Å². The van der Waals surface area contributed by atoms with Gasteiger partial charge in [0.15, 0.2) is 0 Å². The van der Waals surface area contributed by atoms with Crippen molar-refractivity contribution in [3.8, 4) is 0 Å². The summed E-state index contributed by atoms with van der Waals surface area (Å²) >= 11 is 0. The van der Waals surface area contributed by atoms with E-state index in [1.54, 1.807) is 43.0 Å². The SMILES string of the molecule is Cc1ccccc1CN(C(=O)CCNC(=O)CCCC(=O)NC(C(=O)NCC(=O)Nc1ccc(COC(=O)NCCN)cc1)C(C)C)c1ccccc1C. The molecule has 54 heavy (non-hydrogen) atoms. The molecule has 6 amide bonds. The lowest BCUT2D eigenvalue weighted by Gasteiger charge is -2.25. The average molecular weight is 744 g/mol. The van der Waals surface area contributed by atoms with E-state index >= 15 is 0 Å². The predicted molar refractivity (Wildman–Crippen MR) is 207 cm³/mol. The zero-order valence-electron chi connectivity index (χ0n) is 31.5. The number of ether oxygens (including phenoxy) is 1. The largest absolute Gasteiger partial charge is 0.445 e. The molecule has 1 unspecified atom stereocenters. The quantitative estimate of drug-likeness (QED) is 0.101. The normalized spacial score (nSPS) is 11.2. The first kappa shape index (κ1) is 42.7. The van der Waals surface area contributed by atoms with Gasteiger partial charge in [-0.25, -0.2) is 4.79 Å². The number of aryl methyl sites for hydroxylation is 2. The first-order valence-corrected chi connectivity index (χ1v) is 18.1. The number of hydrogen-bond donors (Lipinski definition) is 6. The van der Waals surface area contributed by atoms with Crippen molar-refractivity contribution >= 4 is 47.0 Å². The van der Waals surface area contributed by atoms with Crippen molar-refractivity contribution in [3.63, 3.8) is 0 Å². The molecule has 14 heteroatoms. The molecule has 1 atom stereocenters. The Morgan fingerprint density at radius 3 is 2.07 bits per heavy atom. The molecule has 0 aliphatic carbocycles. The number of nitrogens with zero attached hydrogens (tertiary/aromatic N) is 1. The Hall–Kier alpha value is -5.76. The Balaban J connectivity index is 1.38. The van der Waals surface area contributed by atoms with Crippen molar-refractivity contribution in [2.24, 2.45) is 11.7 Å². The lowest BCUT2D eigenvalue weighted by molar-refractivity contribution is -0.131. The van der Waals surface area contributed by atoms with Crippen LogP contribution < -0.4 is 37.2 Å². The highest BCUT2D eigenvalue weighted by Gasteiger charge is 2.25. The molecular weight excluding hydrogens is 690 g/mol. The van der Waals surface area contributed by atoms with E-state index in [1.165, 1.54) is 0 Å². The van der Waals surface area contributed by atoms with Gasteiger partial charge in [0, 0.05) is 50.3 Å². The summed E-state index contributed by atoms with van der Waals surface area (Å²) in [5, 5.41) is 13.2. The average Bonchev–Trinajstić information content (AvgIpc) is 3.14. The molecule has 0 aliphatic heterocycles. The van der Waals surface area contributed by atoms with Crippen LogP contribution in [0.15, 0.2) is 72.8 Å². The molecule has 0 radical (unpaired) electrons. The minimum absolute atomic E-state index is 0.0141. The second kappa shape index (κ2) is 22.3. The summed E-state index contributed by atoms with van der Waals surface area (Å²) in [4.78, 5) is 77.3. The van der Waals surface area contributed by atoms with Crippen LogP contribution in [0.5, 0.6) is 0 Å². The van der Waals surface area contributed by atoms with Crippen LogP contribution in [0.4, 0.5) is 16.2 Å². The van der Waals surface area contributed by atoms with E-state index < -0.39 is 29.9 Å². The van der Waals surface area contributed by atoms with Gasteiger partial charge in [-0.05, 0) is 66.6 Å².